The molecule has 1 aromatic rings. The molecule has 32 heavy (non-hydrogen) atoms. The number of piperidine rings is 1. The fourth-order valence-electron chi connectivity index (χ4n) is 3.53. The predicted molar refractivity (Wildman–Crippen MR) is 112 cm³/mol. The summed E-state index contributed by atoms with van der Waals surface area (Å²) in [6, 6.07) is 7.36. The number of carbonyl (C=O) groups excluding carboxylic acids is 2. The third-order valence-corrected chi connectivity index (χ3v) is 6.22. The second kappa shape index (κ2) is 9.45. The number of nitrogens with zero attached hydrogens (tertiary/aromatic N) is 2. The van der Waals surface area contributed by atoms with E-state index in [0.717, 1.165) is 5.06 Å². The van der Waals surface area contributed by atoms with Crippen LogP contribution in [0.2, 0.25) is 0 Å². The number of aliphatic hydroxyl groups excluding tert-OH is 1. The number of benzene rings is 1. The van der Waals surface area contributed by atoms with Crippen molar-refractivity contribution in [3.8, 4) is 0 Å². The summed E-state index contributed by atoms with van der Waals surface area (Å²) in [6.45, 7) is 4.38. The van der Waals surface area contributed by atoms with Crippen molar-refractivity contribution in [2.24, 2.45) is 11.1 Å². The van der Waals surface area contributed by atoms with Crippen LogP contribution >= 0.6 is 0 Å². The average molecular weight is 470 g/mol. The molecule has 0 radical (unpaired) electrons. The third kappa shape index (κ3) is 5.38. The molecule has 1 aromatic carbocycles. The summed E-state index contributed by atoms with van der Waals surface area (Å²) in [5, 5.41) is 10.8. The number of esters is 1. The van der Waals surface area contributed by atoms with Gasteiger partial charge in [0.15, 0.2) is 0 Å². The molecule has 2 bridgehead atoms. The molecule has 0 saturated carbocycles. The van der Waals surface area contributed by atoms with Crippen LogP contribution in [-0.4, -0.2) is 73.8 Å². The van der Waals surface area contributed by atoms with E-state index in [0.29, 0.717) is 24.9 Å². The number of rotatable bonds is 10. The van der Waals surface area contributed by atoms with Gasteiger partial charge in [-0.05, 0) is 25.0 Å². The van der Waals surface area contributed by atoms with E-state index in [-0.39, 0.29) is 18.5 Å². The van der Waals surface area contributed by atoms with E-state index in [2.05, 4.69) is 6.58 Å². The smallest absolute Gasteiger partial charge is 0.421 e. The monoisotopic (exact) mass is 469 g/mol. The molecule has 2 aliphatic rings. The van der Waals surface area contributed by atoms with Gasteiger partial charge in [0.05, 0.1) is 24.8 Å². The predicted octanol–water partition coefficient (Wildman–Crippen LogP) is 0.140. The van der Waals surface area contributed by atoms with Gasteiger partial charge >= 0.3 is 16.4 Å². The van der Waals surface area contributed by atoms with Crippen LogP contribution in [0.15, 0.2) is 42.7 Å². The summed E-state index contributed by atoms with van der Waals surface area (Å²) in [5.41, 5.74) is 4.53. The fourth-order valence-corrected chi connectivity index (χ4v) is 4.41. The Kier molecular flexibility index (Phi) is 7.08. The Bertz CT molecular complexity index is 970. The molecule has 3 rings (SSSR count). The maximum absolute atomic E-state index is 12.4. The molecule has 1 amide bonds. The van der Waals surface area contributed by atoms with E-state index in [1.54, 1.807) is 35.2 Å². The van der Waals surface area contributed by atoms with Crippen molar-refractivity contribution in [2.75, 3.05) is 26.4 Å². The topological polar surface area (TPSA) is 149 Å². The Morgan fingerprint density at radius 2 is 1.94 bits per heavy atom. The Balaban J connectivity index is 1.57. The molecule has 2 heterocycles. The highest BCUT2D eigenvalue weighted by atomic mass is 32.3. The summed E-state index contributed by atoms with van der Waals surface area (Å²) in [4.78, 5) is 25.3. The first-order valence-electron chi connectivity index (χ1n) is 10.0. The maximum Gasteiger partial charge on any atom is 0.421 e. The van der Waals surface area contributed by atoms with Crippen molar-refractivity contribution in [2.45, 2.75) is 31.8 Å². The number of nitrogens with two attached hydrogens (primary N) is 1. The molecule has 1 unspecified atom stereocenters. The molecule has 0 aliphatic carbocycles. The molecule has 0 aromatic heterocycles. The van der Waals surface area contributed by atoms with Gasteiger partial charge in [0, 0.05) is 12.0 Å². The lowest BCUT2D eigenvalue weighted by Crippen LogP contribution is -2.46. The standard InChI is InChI=1S/C20H27N3O8S/c1-14-22-10-16(8-9-17(22)18(21)25)23(14)31-32(27,28)30-13-20(2,11-24)12-29-19(26)15-6-4-3-5-7-15/h3-7,16-17,24H,1,8-13H2,2H3,(H2,21,25)/t16-,17+,20?/m1/s1. The Morgan fingerprint density at radius 3 is 2.56 bits per heavy atom. The van der Waals surface area contributed by atoms with Gasteiger partial charge in [-0.2, -0.15) is 8.42 Å². The lowest BCUT2D eigenvalue weighted by Gasteiger charge is -2.29. The van der Waals surface area contributed by atoms with Gasteiger partial charge in [-0.1, -0.05) is 31.7 Å². The summed E-state index contributed by atoms with van der Waals surface area (Å²) < 4.78 is 40.1. The van der Waals surface area contributed by atoms with Gasteiger partial charge in [-0.3, -0.25) is 4.79 Å². The van der Waals surface area contributed by atoms with Crippen molar-refractivity contribution < 1.29 is 36.3 Å². The van der Waals surface area contributed by atoms with Gasteiger partial charge in [-0.15, -0.1) is 4.28 Å². The molecule has 3 N–H and O–H groups in total. The SMILES string of the molecule is C=C1N2C[C@@H](CC[C@H]2C(N)=O)N1OS(=O)(=O)OCC(C)(CO)COC(=O)c1ccccc1. The minimum absolute atomic E-state index is 0.199. The van der Waals surface area contributed by atoms with Crippen LogP contribution in [0.3, 0.4) is 0 Å². The average Bonchev–Trinajstić information content (AvgIpc) is 3.00. The first-order valence-corrected chi connectivity index (χ1v) is 11.3. The largest absolute Gasteiger partial charge is 0.461 e. The van der Waals surface area contributed by atoms with Crippen LogP contribution in [0.4, 0.5) is 0 Å². The highest BCUT2D eigenvalue weighted by Gasteiger charge is 2.45. The van der Waals surface area contributed by atoms with E-state index < -0.39 is 46.9 Å². The van der Waals surface area contributed by atoms with Crippen LogP contribution in [0, 0.1) is 5.41 Å². The zero-order valence-electron chi connectivity index (χ0n) is 17.7. The molecule has 0 spiro atoms. The number of hydrogen-bond donors (Lipinski definition) is 2. The number of aliphatic hydroxyl groups is 1. The van der Waals surface area contributed by atoms with E-state index in [1.807, 2.05) is 0 Å². The minimum atomic E-state index is -4.54. The summed E-state index contributed by atoms with van der Waals surface area (Å²) in [7, 11) is -4.54. The lowest BCUT2D eigenvalue weighted by molar-refractivity contribution is -0.123. The summed E-state index contributed by atoms with van der Waals surface area (Å²) in [5.74, 6) is -0.928. The van der Waals surface area contributed by atoms with Crippen LogP contribution in [0.5, 0.6) is 0 Å². The molecule has 2 fully saturated rings. The number of amides is 1. The first kappa shape index (κ1) is 24.0. The van der Waals surface area contributed by atoms with Crippen molar-refractivity contribution in [3.63, 3.8) is 0 Å². The van der Waals surface area contributed by atoms with Crippen molar-refractivity contribution >= 4 is 22.3 Å². The lowest BCUT2D eigenvalue weighted by atomic mass is 9.94. The van der Waals surface area contributed by atoms with Gasteiger partial charge < -0.3 is 20.5 Å². The molecular formula is C20H27N3O8S. The second-order valence-electron chi connectivity index (χ2n) is 8.20. The van der Waals surface area contributed by atoms with Gasteiger partial charge in [-0.25, -0.2) is 14.0 Å². The Labute approximate surface area is 186 Å². The second-order valence-corrected chi connectivity index (χ2v) is 9.40. The minimum Gasteiger partial charge on any atom is -0.461 e. The Morgan fingerprint density at radius 1 is 1.25 bits per heavy atom. The number of hydroxylamine groups is 2. The van der Waals surface area contributed by atoms with Crippen LogP contribution in [-0.2, 0) is 28.4 Å². The normalized spacial score (nSPS) is 22.5. The maximum atomic E-state index is 12.4. The van der Waals surface area contributed by atoms with Crippen molar-refractivity contribution in [1.29, 1.82) is 0 Å². The van der Waals surface area contributed by atoms with Crippen molar-refractivity contribution in [3.05, 3.63) is 48.3 Å². The van der Waals surface area contributed by atoms with Gasteiger partial charge in [0.2, 0.25) is 5.91 Å². The van der Waals surface area contributed by atoms with Gasteiger partial charge in [0.25, 0.3) is 0 Å². The highest BCUT2D eigenvalue weighted by molar-refractivity contribution is 7.81. The van der Waals surface area contributed by atoms with E-state index >= 15 is 0 Å². The fraction of sp³-hybridized carbons (Fsp3) is 0.500. The number of ether oxygens (including phenoxy) is 1. The number of primary amides is 1. The zero-order valence-corrected chi connectivity index (χ0v) is 18.5. The molecule has 11 nitrogen and oxygen atoms in total. The molecule has 2 saturated heterocycles. The molecule has 176 valence electrons. The van der Waals surface area contributed by atoms with E-state index in [1.165, 1.54) is 6.92 Å². The van der Waals surface area contributed by atoms with Crippen LogP contribution < -0.4 is 5.73 Å². The molecular weight excluding hydrogens is 442 g/mol. The molecule has 3 atom stereocenters. The number of carbonyl (C=O) groups is 2. The highest BCUT2D eigenvalue weighted by Crippen LogP contribution is 2.35. The van der Waals surface area contributed by atoms with Gasteiger partial charge in [0.1, 0.15) is 18.5 Å². The van der Waals surface area contributed by atoms with Crippen LogP contribution in [0.25, 0.3) is 0 Å². The molecule has 12 heteroatoms. The quantitative estimate of drug-likeness (QED) is 0.453. The number of fused-ring (bicyclic) bond motifs is 2. The summed E-state index contributed by atoms with van der Waals surface area (Å²) >= 11 is 0. The zero-order chi connectivity index (χ0) is 23.5. The number of hydrogen-bond acceptors (Lipinski definition) is 10. The Hall–Kier alpha value is -2.67. The van der Waals surface area contributed by atoms with Crippen molar-refractivity contribution in [1.82, 2.24) is 9.96 Å². The third-order valence-electron chi connectivity index (χ3n) is 5.47. The van der Waals surface area contributed by atoms with Crippen LogP contribution in [0.1, 0.15) is 30.1 Å². The van der Waals surface area contributed by atoms with E-state index in [9.17, 15) is 23.1 Å². The summed E-state index contributed by atoms with van der Waals surface area (Å²) in [6.07, 6.45) is 0.942. The first-order chi connectivity index (χ1) is 15.1. The molecule has 2 aliphatic heterocycles. The van der Waals surface area contributed by atoms with E-state index in [4.69, 9.17) is 18.9 Å².